The Kier molecular flexibility index (Phi) is 4.79. The van der Waals surface area contributed by atoms with Gasteiger partial charge in [0.25, 0.3) is 0 Å². The van der Waals surface area contributed by atoms with Crippen molar-refractivity contribution in [3.05, 3.63) is 42.0 Å². The second kappa shape index (κ2) is 6.22. The minimum atomic E-state index is -0.366. The summed E-state index contributed by atoms with van der Waals surface area (Å²) in [6.45, 7) is 0.250. The number of ether oxygens (including phenoxy) is 1. The van der Waals surface area contributed by atoms with E-state index in [1.165, 1.54) is 6.08 Å². The molecule has 74 valence electrons. The first-order chi connectivity index (χ1) is 6.83. The molecule has 0 fully saturated rings. The zero-order valence-electron chi connectivity index (χ0n) is 7.65. The number of hydrogen-bond acceptors (Lipinski definition) is 2. The van der Waals surface area contributed by atoms with Crippen molar-refractivity contribution in [1.82, 2.24) is 0 Å². The summed E-state index contributed by atoms with van der Waals surface area (Å²) in [5, 5.41) is 0. The summed E-state index contributed by atoms with van der Waals surface area (Å²) in [4.78, 5) is 11.0. The van der Waals surface area contributed by atoms with Crippen LogP contribution in [0.1, 0.15) is 5.56 Å². The number of carbonyl (C=O) groups is 1. The molecule has 0 heterocycles. The number of halogens is 1. The van der Waals surface area contributed by atoms with E-state index in [-0.39, 0.29) is 12.6 Å². The van der Waals surface area contributed by atoms with Crippen LogP contribution in [0.4, 0.5) is 0 Å². The molecular formula is C11H11ClO2. The highest BCUT2D eigenvalue weighted by Gasteiger charge is 1.94. The first-order valence-electron chi connectivity index (χ1n) is 4.29. The van der Waals surface area contributed by atoms with Gasteiger partial charge in [-0.25, -0.2) is 4.79 Å². The van der Waals surface area contributed by atoms with Crippen LogP contribution in [-0.2, 0) is 9.53 Å². The van der Waals surface area contributed by atoms with Crippen LogP contribution in [-0.4, -0.2) is 18.5 Å². The van der Waals surface area contributed by atoms with E-state index in [1.54, 1.807) is 6.08 Å². The van der Waals surface area contributed by atoms with Gasteiger partial charge in [-0.15, -0.1) is 11.6 Å². The lowest BCUT2D eigenvalue weighted by molar-refractivity contribution is -0.137. The Labute approximate surface area is 88.1 Å². The lowest BCUT2D eigenvalue weighted by atomic mass is 10.2. The van der Waals surface area contributed by atoms with E-state index >= 15 is 0 Å². The van der Waals surface area contributed by atoms with Crippen LogP contribution in [0.5, 0.6) is 0 Å². The van der Waals surface area contributed by atoms with E-state index in [9.17, 15) is 4.79 Å². The van der Waals surface area contributed by atoms with Crippen molar-refractivity contribution in [3.8, 4) is 0 Å². The van der Waals surface area contributed by atoms with Crippen LogP contribution in [0.15, 0.2) is 36.4 Å². The highest BCUT2D eigenvalue weighted by molar-refractivity contribution is 6.18. The summed E-state index contributed by atoms with van der Waals surface area (Å²) in [5.41, 5.74) is 0.968. The molecule has 1 aromatic carbocycles. The smallest absolute Gasteiger partial charge is 0.330 e. The summed E-state index contributed by atoms with van der Waals surface area (Å²) >= 11 is 5.36. The summed E-state index contributed by atoms with van der Waals surface area (Å²) in [6, 6.07) is 9.55. The molecule has 0 aliphatic heterocycles. The molecule has 0 aliphatic carbocycles. The fourth-order valence-electron chi connectivity index (χ4n) is 0.916. The van der Waals surface area contributed by atoms with Crippen LogP contribution < -0.4 is 0 Å². The van der Waals surface area contributed by atoms with Gasteiger partial charge in [0.15, 0.2) is 0 Å². The molecular weight excluding hydrogens is 200 g/mol. The molecule has 0 saturated heterocycles. The Hall–Kier alpha value is -1.28. The van der Waals surface area contributed by atoms with Gasteiger partial charge in [-0.1, -0.05) is 30.3 Å². The third-order valence-corrected chi connectivity index (χ3v) is 1.69. The van der Waals surface area contributed by atoms with E-state index in [4.69, 9.17) is 16.3 Å². The molecule has 0 spiro atoms. The highest BCUT2D eigenvalue weighted by atomic mass is 35.5. The Morgan fingerprint density at radius 2 is 2.07 bits per heavy atom. The van der Waals surface area contributed by atoms with Crippen LogP contribution >= 0.6 is 11.6 Å². The maximum atomic E-state index is 11.0. The predicted octanol–water partition coefficient (Wildman–Crippen LogP) is 2.48. The fourth-order valence-corrected chi connectivity index (χ4v) is 0.993. The minimum absolute atomic E-state index is 0.250. The zero-order chi connectivity index (χ0) is 10.2. The Bertz CT molecular complexity index is 306. The Morgan fingerprint density at radius 1 is 1.36 bits per heavy atom. The first-order valence-corrected chi connectivity index (χ1v) is 4.82. The molecule has 0 unspecified atom stereocenters. The Morgan fingerprint density at radius 3 is 2.71 bits per heavy atom. The van der Waals surface area contributed by atoms with E-state index in [1.807, 2.05) is 30.3 Å². The van der Waals surface area contributed by atoms with Gasteiger partial charge in [-0.05, 0) is 11.6 Å². The second-order valence-corrected chi connectivity index (χ2v) is 2.98. The van der Waals surface area contributed by atoms with Crippen molar-refractivity contribution in [2.24, 2.45) is 0 Å². The molecule has 0 amide bonds. The fraction of sp³-hybridized carbons (Fsp3) is 0.182. The second-order valence-electron chi connectivity index (χ2n) is 2.60. The van der Waals surface area contributed by atoms with Gasteiger partial charge in [0.2, 0.25) is 0 Å². The number of carbonyl (C=O) groups excluding carboxylic acids is 1. The van der Waals surface area contributed by atoms with Crippen LogP contribution in [0, 0.1) is 0 Å². The number of benzene rings is 1. The molecule has 0 bridgehead atoms. The van der Waals surface area contributed by atoms with Gasteiger partial charge >= 0.3 is 5.97 Å². The van der Waals surface area contributed by atoms with Gasteiger partial charge in [-0.3, -0.25) is 0 Å². The highest BCUT2D eigenvalue weighted by Crippen LogP contribution is 2.00. The van der Waals surface area contributed by atoms with Crippen molar-refractivity contribution >= 4 is 23.6 Å². The monoisotopic (exact) mass is 210 g/mol. The van der Waals surface area contributed by atoms with Gasteiger partial charge in [0.1, 0.15) is 6.61 Å². The molecule has 0 N–H and O–H groups in total. The summed E-state index contributed by atoms with van der Waals surface area (Å²) < 4.78 is 4.76. The van der Waals surface area contributed by atoms with Crippen LogP contribution in [0.25, 0.3) is 6.08 Å². The SMILES string of the molecule is O=C(/C=C\c1ccccc1)OCCCl. The molecule has 14 heavy (non-hydrogen) atoms. The molecule has 0 saturated carbocycles. The first kappa shape index (κ1) is 10.8. The van der Waals surface area contributed by atoms with Gasteiger partial charge in [0.05, 0.1) is 5.88 Å². The van der Waals surface area contributed by atoms with Crippen molar-refractivity contribution in [3.63, 3.8) is 0 Å². The third-order valence-electron chi connectivity index (χ3n) is 1.53. The molecule has 1 rings (SSSR count). The lowest BCUT2D eigenvalue weighted by Crippen LogP contribution is -2.02. The molecule has 0 radical (unpaired) electrons. The third kappa shape index (κ3) is 4.10. The van der Waals surface area contributed by atoms with E-state index < -0.39 is 0 Å². The number of hydrogen-bond donors (Lipinski definition) is 0. The predicted molar refractivity (Wildman–Crippen MR) is 57.2 cm³/mol. The van der Waals surface area contributed by atoms with Crippen molar-refractivity contribution in [2.45, 2.75) is 0 Å². The van der Waals surface area contributed by atoms with Gasteiger partial charge in [0, 0.05) is 6.08 Å². The standard InChI is InChI=1S/C11H11ClO2/c12-8-9-14-11(13)7-6-10-4-2-1-3-5-10/h1-7H,8-9H2/b7-6-. The molecule has 1 aromatic rings. The van der Waals surface area contributed by atoms with Gasteiger partial charge in [-0.2, -0.15) is 0 Å². The summed E-state index contributed by atoms with van der Waals surface area (Å²) in [5.74, 6) is -0.0419. The average Bonchev–Trinajstić information content (AvgIpc) is 2.25. The van der Waals surface area contributed by atoms with Gasteiger partial charge < -0.3 is 4.74 Å². The quantitative estimate of drug-likeness (QED) is 0.434. The normalized spacial score (nSPS) is 10.4. The maximum absolute atomic E-state index is 11.0. The number of alkyl halides is 1. The molecule has 2 nitrogen and oxygen atoms in total. The molecule has 3 heteroatoms. The van der Waals surface area contributed by atoms with Crippen molar-refractivity contribution in [2.75, 3.05) is 12.5 Å². The minimum Gasteiger partial charge on any atom is -0.461 e. The van der Waals surface area contributed by atoms with Crippen molar-refractivity contribution < 1.29 is 9.53 Å². The molecule has 0 aromatic heterocycles. The zero-order valence-corrected chi connectivity index (χ0v) is 8.41. The lowest BCUT2D eigenvalue weighted by Gasteiger charge is -1.96. The van der Waals surface area contributed by atoms with Crippen LogP contribution in [0.2, 0.25) is 0 Å². The molecule has 0 aliphatic rings. The molecule has 0 atom stereocenters. The maximum Gasteiger partial charge on any atom is 0.330 e. The summed E-state index contributed by atoms with van der Waals surface area (Å²) in [6.07, 6.45) is 3.10. The van der Waals surface area contributed by atoms with Crippen LogP contribution in [0.3, 0.4) is 0 Å². The topological polar surface area (TPSA) is 26.3 Å². The van der Waals surface area contributed by atoms with E-state index in [0.29, 0.717) is 5.88 Å². The summed E-state index contributed by atoms with van der Waals surface area (Å²) in [7, 11) is 0. The number of rotatable bonds is 4. The van der Waals surface area contributed by atoms with E-state index in [0.717, 1.165) is 5.56 Å². The average molecular weight is 211 g/mol. The largest absolute Gasteiger partial charge is 0.461 e. The van der Waals surface area contributed by atoms with E-state index in [2.05, 4.69) is 0 Å². The van der Waals surface area contributed by atoms with Crippen molar-refractivity contribution in [1.29, 1.82) is 0 Å². The Balaban J connectivity index is 2.44. The number of esters is 1.